The van der Waals surface area contributed by atoms with E-state index >= 15 is 0 Å². The Labute approximate surface area is 86.8 Å². The summed E-state index contributed by atoms with van der Waals surface area (Å²) >= 11 is 4.16. The highest BCUT2D eigenvalue weighted by atomic mass is 32.1. The molecule has 0 saturated heterocycles. The number of thiol groups is 1. The molecule has 78 valence electrons. The summed E-state index contributed by atoms with van der Waals surface area (Å²) in [6.45, 7) is 2.07. The molecule has 2 atom stereocenters. The summed E-state index contributed by atoms with van der Waals surface area (Å²) in [5.41, 5.74) is 0. The van der Waals surface area contributed by atoms with Gasteiger partial charge in [-0.3, -0.25) is 0 Å². The smallest absolute Gasteiger partial charge is 0.0721 e. The lowest BCUT2D eigenvalue weighted by atomic mass is 10.1. The van der Waals surface area contributed by atoms with Crippen molar-refractivity contribution in [1.82, 2.24) is 5.32 Å². The Balaban J connectivity index is 3.76. The maximum absolute atomic E-state index is 9.43. The lowest BCUT2D eigenvalue weighted by molar-refractivity contribution is 0.211. The molecule has 0 saturated carbocycles. The third-order valence-corrected chi connectivity index (χ3v) is 2.22. The van der Waals surface area contributed by atoms with Crippen LogP contribution in [0, 0.1) is 0 Å². The van der Waals surface area contributed by atoms with E-state index in [1.807, 2.05) is 19.2 Å². The molecule has 0 rings (SSSR count). The van der Waals surface area contributed by atoms with E-state index in [1.54, 1.807) is 0 Å². The van der Waals surface area contributed by atoms with E-state index in [0.717, 1.165) is 25.0 Å². The molecule has 0 aliphatic rings. The molecule has 0 aromatic heterocycles. The number of likely N-dealkylation sites (N-methyl/N-ethyl adjacent to an activating group) is 1. The summed E-state index contributed by atoms with van der Waals surface area (Å²) in [4.78, 5) is 0. The quantitative estimate of drug-likeness (QED) is 0.434. The molecule has 0 bridgehead atoms. The molecule has 0 fully saturated rings. The predicted molar refractivity (Wildman–Crippen MR) is 61.4 cm³/mol. The van der Waals surface area contributed by atoms with Crippen molar-refractivity contribution in [1.29, 1.82) is 0 Å². The van der Waals surface area contributed by atoms with Gasteiger partial charge in [0.2, 0.25) is 0 Å². The third kappa shape index (κ3) is 7.11. The molecule has 0 spiro atoms. The van der Waals surface area contributed by atoms with Crippen LogP contribution in [-0.2, 0) is 0 Å². The van der Waals surface area contributed by atoms with Crippen LogP contribution < -0.4 is 5.32 Å². The molecule has 0 aromatic rings. The average molecular weight is 203 g/mol. The molecule has 2 unspecified atom stereocenters. The van der Waals surface area contributed by atoms with Gasteiger partial charge in [-0.25, -0.2) is 0 Å². The van der Waals surface area contributed by atoms with Crippen molar-refractivity contribution >= 4 is 12.6 Å². The highest BCUT2D eigenvalue weighted by Crippen LogP contribution is 2.01. The number of aliphatic hydroxyl groups excluding tert-OH is 1. The second-order valence-electron chi connectivity index (χ2n) is 3.15. The topological polar surface area (TPSA) is 32.3 Å². The molecule has 2 nitrogen and oxygen atoms in total. The first-order valence-corrected chi connectivity index (χ1v) is 5.52. The summed E-state index contributed by atoms with van der Waals surface area (Å²) in [6.07, 6.45) is 6.45. The molecular weight excluding hydrogens is 182 g/mol. The number of aliphatic hydroxyl groups is 1. The number of nitrogens with one attached hydrogen (secondary N) is 1. The minimum absolute atomic E-state index is 0.291. The van der Waals surface area contributed by atoms with Gasteiger partial charge in [0.25, 0.3) is 0 Å². The molecule has 0 aliphatic carbocycles. The van der Waals surface area contributed by atoms with Gasteiger partial charge < -0.3 is 10.4 Å². The summed E-state index contributed by atoms with van der Waals surface area (Å²) in [5.74, 6) is 0.861. The van der Waals surface area contributed by atoms with Crippen LogP contribution in [0.4, 0.5) is 0 Å². The van der Waals surface area contributed by atoms with Crippen molar-refractivity contribution in [3.05, 3.63) is 12.2 Å². The Morgan fingerprint density at radius 2 is 2.08 bits per heavy atom. The number of hydrogen-bond donors (Lipinski definition) is 3. The maximum Gasteiger partial charge on any atom is 0.0721 e. The molecule has 0 heterocycles. The van der Waals surface area contributed by atoms with Crippen LogP contribution in [0.1, 0.15) is 26.2 Å². The Bertz CT molecular complexity index is 139. The Kier molecular flexibility index (Phi) is 8.61. The van der Waals surface area contributed by atoms with Crippen LogP contribution in [0.3, 0.4) is 0 Å². The van der Waals surface area contributed by atoms with Gasteiger partial charge in [-0.1, -0.05) is 25.5 Å². The largest absolute Gasteiger partial charge is 0.389 e. The fourth-order valence-electron chi connectivity index (χ4n) is 1.13. The standard InChI is InChI=1S/C10H21NOS/c1-3-4-10(12)6-5-9(11-2)7-8-13/h5-6,9-13H,3-4,7-8H2,1-2H3. The van der Waals surface area contributed by atoms with E-state index in [2.05, 4.69) is 24.9 Å². The van der Waals surface area contributed by atoms with Crippen molar-refractivity contribution in [2.75, 3.05) is 12.8 Å². The highest BCUT2D eigenvalue weighted by Gasteiger charge is 2.01. The second-order valence-corrected chi connectivity index (χ2v) is 3.60. The zero-order valence-electron chi connectivity index (χ0n) is 8.53. The Morgan fingerprint density at radius 1 is 1.38 bits per heavy atom. The lowest BCUT2D eigenvalue weighted by Gasteiger charge is -2.10. The van der Waals surface area contributed by atoms with E-state index in [9.17, 15) is 5.11 Å². The molecular formula is C10H21NOS. The van der Waals surface area contributed by atoms with E-state index in [4.69, 9.17) is 0 Å². The molecule has 0 amide bonds. The third-order valence-electron chi connectivity index (χ3n) is 1.96. The predicted octanol–water partition coefficient (Wildman–Crippen LogP) is 1.61. The fourth-order valence-corrected chi connectivity index (χ4v) is 1.41. The SMILES string of the molecule is CCCC(O)C=CC(CCS)NC. The van der Waals surface area contributed by atoms with Crippen LogP contribution >= 0.6 is 12.6 Å². The first kappa shape index (κ1) is 13.0. The monoisotopic (exact) mass is 203 g/mol. The number of rotatable bonds is 7. The van der Waals surface area contributed by atoms with Crippen molar-refractivity contribution < 1.29 is 5.11 Å². The van der Waals surface area contributed by atoms with E-state index < -0.39 is 0 Å². The first-order chi connectivity index (χ1) is 6.24. The zero-order valence-corrected chi connectivity index (χ0v) is 9.43. The minimum Gasteiger partial charge on any atom is -0.389 e. The van der Waals surface area contributed by atoms with Gasteiger partial charge in [0.1, 0.15) is 0 Å². The molecule has 3 heteroatoms. The van der Waals surface area contributed by atoms with Gasteiger partial charge in [-0.15, -0.1) is 0 Å². The molecule has 0 aromatic carbocycles. The van der Waals surface area contributed by atoms with Crippen LogP contribution in [0.2, 0.25) is 0 Å². The Hall–Kier alpha value is 0.01000. The minimum atomic E-state index is -0.291. The van der Waals surface area contributed by atoms with Gasteiger partial charge in [-0.2, -0.15) is 12.6 Å². The highest BCUT2D eigenvalue weighted by molar-refractivity contribution is 7.80. The second kappa shape index (κ2) is 8.60. The van der Waals surface area contributed by atoms with Crippen LogP contribution in [0.25, 0.3) is 0 Å². The first-order valence-electron chi connectivity index (χ1n) is 4.89. The van der Waals surface area contributed by atoms with Gasteiger partial charge in [0, 0.05) is 6.04 Å². The van der Waals surface area contributed by atoms with Gasteiger partial charge in [0.05, 0.1) is 6.10 Å². The van der Waals surface area contributed by atoms with Crippen molar-refractivity contribution in [2.24, 2.45) is 0 Å². The van der Waals surface area contributed by atoms with Crippen LogP contribution in [0.5, 0.6) is 0 Å². The van der Waals surface area contributed by atoms with Gasteiger partial charge in [-0.05, 0) is 25.6 Å². The molecule has 0 aliphatic heterocycles. The molecule has 13 heavy (non-hydrogen) atoms. The summed E-state index contributed by atoms with van der Waals surface area (Å²) < 4.78 is 0. The van der Waals surface area contributed by atoms with Crippen LogP contribution in [0.15, 0.2) is 12.2 Å². The summed E-state index contributed by atoms with van der Waals surface area (Å²) in [6, 6.07) is 0.337. The average Bonchev–Trinajstić information content (AvgIpc) is 2.12. The van der Waals surface area contributed by atoms with Crippen LogP contribution in [-0.4, -0.2) is 30.1 Å². The van der Waals surface area contributed by atoms with E-state index in [-0.39, 0.29) is 6.10 Å². The van der Waals surface area contributed by atoms with Crippen molar-refractivity contribution in [3.8, 4) is 0 Å². The van der Waals surface area contributed by atoms with Gasteiger partial charge >= 0.3 is 0 Å². The normalized spacial score (nSPS) is 16.3. The molecule has 0 radical (unpaired) electrons. The van der Waals surface area contributed by atoms with Crippen molar-refractivity contribution in [2.45, 2.75) is 38.3 Å². The van der Waals surface area contributed by atoms with E-state index in [1.165, 1.54) is 0 Å². The van der Waals surface area contributed by atoms with Gasteiger partial charge in [0.15, 0.2) is 0 Å². The number of hydrogen-bond acceptors (Lipinski definition) is 3. The maximum atomic E-state index is 9.43. The summed E-state index contributed by atoms with van der Waals surface area (Å²) in [5, 5.41) is 12.6. The van der Waals surface area contributed by atoms with Crippen molar-refractivity contribution in [3.63, 3.8) is 0 Å². The molecule has 2 N–H and O–H groups in total. The lowest BCUT2D eigenvalue weighted by Crippen LogP contribution is -2.23. The fraction of sp³-hybridized carbons (Fsp3) is 0.800. The summed E-state index contributed by atoms with van der Waals surface area (Å²) in [7, 11) is 1.92. The Morgan fingerprint density at radius 3 is 2.54 bits per heavy atom. The zero-order chi connectivity index (χ0) is 10.1. The van der Waals surface area contributed by atoms with E-state index in [0.29, 0.717) is 6.04 Å².